The highest BCUT2D eigenvalue weighted by Gasteiger charge is 2.21. The van der Waals surface area contributed by atoms with E-state index in [2.05, 4.69) is 16.3 Å². The van der Waals surface area contributed by atoms with Crippen molar-refractivity contribution in [3.05, 3.63) is 11.9 Å². The standard InChI is InChI=1S/C11H19N3O2/c1-2-16-11(15)14-7-4-10-12-5-3-6-13(10)8-9-14/h4,12H,2-3,5-9H2,1H3. The molecule has 2 rings (SSSR count). The van der Waals surface area contributed by atoms with Gasteiger partial charge in [0.05, 0.1) is 12.4 Å². The molecule has 0 saturated carbocycles. The van der Waals surface area contributed by atoms with Crippen molar-refractivity contribution in [1.29, 1.82) is 0 Å². The molecule has 0 aromatic heterocycles. The summed E-state index contributed by atoms with van der Waals surface area (Å²) >= 11 is 0. The van der Waals surface area contributed by atoms with Crippen LogP contribution in [-0.2, 0) is 4.74 Å². The predicted molar refractivity (Wildman–Crippen MR) is 60.9 cm³/mol. The van der Waals surface area contributed by atoms with Gasteiger partial charge in [-0.25, -0.2) is 4.79 Å². The van der Waals surface area contributed by atoms with Gasteiger partial charge in [-0.05, 0) is 19.4 Å². The van der Waals surface area contributed by atoms with Crippen LogP contribution in [0.25, 0.3) is 0 Å². The van der Waals surface area contributed by atoms with E-state index in [1.54, 1.807) is 4.90 Å². The molecule has 2 aliphatic heterocycles. The minimum Gasteiger partial charge on any atom is -0.450 e. The van der Waals surface area contributed by atoms with Crippen LogP contribution in [0.15, 0.2) is 11.9 Å². The summed E-state index contributed by atoms with van der Waals surface area (Å²) in [5, 5.41) is 3.36. The third kappa shape index (κ3) is 2.40. The second-order valence-electron chi connectivity index (χ2n) is 4.00. The minimum atomic E-state index is -0.209. The van der Waals surface area contributed by atoms with Crippen molar-refractivity contribution in [3.63, 3.8) is 0 Å². The molecule has 1 fully saturated rings. The van der Waals surface area contributed by atoms with Crippen LogP contribution in [0.4, 0.5) is 4.79 Å². The second kappa shape index (κ2) is 5.09. The normalized spacial score (nSPS) is 20.4. The van der Waals surface area contributed by atoms with Crippen molar-refractivity contribution >= 4 is 6.09 Å². The number of amides is 1. The Morgan fingerprint density at radius 1 is 1.50 bits per heavy atom. The van der Waals surface area contributed by atoms with Gasteiger partial charge in [-0.1, -0.05) is 0 Å². The van der Waals surface area contributed by atoms with Gasteiger partial charge in [0, 0.05) is 32.7 Å². The maximum absolute atomic E-state index is 11.6. The fourth-order valence-electron chi connectivity index (χ4n) is 2.06. The molecule has 1 saturated heterocycles. The Hall–Kier alpha value is -1.39. The lowest BCUT2D eigenvalue weighted by Crippen LogP contribution is -2.41. The topological polar surface area (TPSA) is 44.8 Å². The van der Waals surface area contributed by atoms with Crippen LogP contribution in [0.2, 0.25) is 0 Å². The van der Waals surface area contributed by atoms with E-state index < -0.39 is 0 Å². The molecule has 0 atom stereocenters. The zero-order valence-electron chi connectivity index (χ0n) is 9.74. The molecule has 0 spiro atoms. The first kappa shape index (κ1) is 11.1. The van der Waals surface area contributed by atoms with Gasteiger partial charge in [-0.3, -0.25) is 0 Å². The number of ether oxygens (including phenoxy) is 1. The van der Waals surface area contributed by atoms with Crippen LogP contribution >= 0.6 is 0 Å². The van der Waals surface area contributed by atoms with Gasteiger partial charge < -0.3 is 19.9 Å². The van der Waals surface area contributed by atoms with E-state index in [0.717, 1.165) is 38.4 Å². The molecule has 0 aromatic rings. The van der Waals surface area contributed by atoms with Crippen LogP contribution in [0.5, 0.6) is 0 Å². The average Bonchev–Trinajstić information content (AvgIpc) is 2.51. The lowest BCUT2D eigenvalue weighted by atomic mass is 10.3. The van der Waals surface area contributed by atoms with Crippen LogP contribution in [0.3, 0.4) is 0 Å². The summed E-state index contributed by atoms with van der Waals surface area (Å²) in [4.78, 5) is 15.6. The molecule has 1 amide bonds. The maximum atomic E-state index is 11.6. The summed E-state index contributed by atoms with van der Waals surface area (Å²) in [7, 11) is 0. The molecule has 2 heterocycles. The largest absolute Gasteiger partial charge is 0.450 e. The Balaban J connectivity index is 1.96. The Kier molecular flexibility index (Phi) is 3.54. The van der Waals surface area contributed by atoms with Crippen LogP contribution in [0.1, 0.15) is 13.3 Å². The van der Waals surface area contributed by atoms with Crippen molar-refractivity contribution in [2.45, 2.75) is 13.3 Å². The number of fused-ring (bicyclic) bond motifs is 1. The molecule has 0 unspecified atom stereocenters. The van der Waals surface area contributed by atoms with E-state index in [9.17, 15) is 4.79 Å². The summed E-state index contributed by atoms with van der Waals surface area (Å²) in [6.07, 6.45) is 3.03. The predicted octanol–water partition coefficient (Wildman–Crippen LogP) is 0.595. The molecular weight excluding hydrogens is 206 g/mol. The number of carbonyl (C=O) groups excluding carboxylic acids is 1. The Morgan fingerprint density at radius 2 is 2.38 bits per heavy atom. The van der Waals surface area contributed by atoms with Crippen molar-refractivity contribution < 1.29 is 9.53 Å². The Morgan fingerprint density at radius 3 is 3.19 bits per heavy atom. The molecule has 0 aromatic carbocycles. The minimum absolute atomic E-state index is 0.209. The third-order valence-corrected chi connectivity index (χ3v) is 2.92. The van der Waals surface area contributed by atoms with Gasteiger partial charge in [-0.15, -0.1) is 0 Å². The van der Waals surface area contributed by atoms with Crippen LogP contribution < -0.4 is 5.32 Å². The molecule has 16 heavy (non-hydrogen) atoms. The molecule has 1 N–H and O–H groups in total. The maximum Gasteiger partial charge on any atom is 0.410 e. The Labute approximate surface area is 96.0 Å². The summed E-state index contributed by atoms with van der Waals surface area (Å²) in [5.41, 5.74) is 0. The summed E-state index contributed by atoms with van der Waals surface area (Å²) in [6, 6.07) is 0. The fourth-order valence-corrected chi connectivity index (χ4v) is 2.06. The third-order valence-electron chi connectivity index (χ3n) is 2.92. The van der Waals surface area contributed by atoms with Crippen molar-refractivity contribution in [2.75, 3.05) is 39.3 Å². The van der Waals surface area contributed by atoms with Gasteiger partial charge in [0.15, 0.2) is 0 Å². The van der Waals surface area contributed by atoms with E-state index >= 15 is 0 Å². The average molecular weight is 225 g/mol. The highest BCUT2D eigenvalue weighted by molar-refractivity contribution is 5.67. The van der Waals surface area contributed by atoms with Crippen LogP contribution in [0, 0.1) is 0 Å². The molecular formula is C11H19N3O2. The smallest absolute Gasteiger partial charge is 0.410 e. The Bertz CT molecular complexity index is 291. The molecule has 90 valence electrons. The first-order valence-corrected chi connectivity index (χ1v) is 5.92. The first-order valence-electron chi connectivity index (χ1n) is 5.92. The SMILES string of the molecule is CCOC(=O)N1CC=C2NCCCN2CC1. The van der Waals surface area contributed by atoms with Crippen molar-refractivity contribution in [2.24, 2.45) is 0 Å². The van der Waals surface area contributed by atoms with Crippen molar-refractivity contribution in [3.8, 4) is 0 Å². The number of rotatable bonds is 1. The lowest BCUT2D eigenvalue weighted by Gasteiger charge is -2.31. The molecule has 0 aliphatic carbocycles. The molecule has 0 radical (unpaired) electrons. The summed E-state index contributed by atoms with van der Waals surface area (Å²) < 4.78 is 5.01. The monoisotopic (exact) mass is 225 g/mol. The van der Waals surface area contributed by atoms with Crippen molar-refractivity contribution in [1.82, 2.24) is 15.1 Å². The van der Waals surface area contributed by atoms with Gasteiger partial charge >= 0.3 is 6.09 Å². The van der Waals surface area contributed by atoms with E-state index in [1.165, 1.54) is 0 Å². The van der Waals surface area contributed by atoms with E-state index in [4.69, 9.17) is 4.74 Å². The van der Waals surface area contributed by atoms with Gasteiger partial charge in [0.25, 0.3) is 0 Å². The molecule has 5 heteroatoms. The number of carbonyl (C=O) groups is 1. The lowest BCUT2D eigenvalue weighted by molar-refractivity contribution is 0.109. The summed E-state index contributed by atoms with van der Waals surface area (Å²) in [6.45, 7) is 6.64. The number of nitrogens with one attached hydrogen (secondary N) is 1. The molecule has 2 aliphatic rings. The molecule has 0 bridgehead atoms. The van der Waals surface area contributed by atoms with E-state index in [0.29, 0.717) is 13.2 Å². The van der Waals surface area contributed by atoms with Crippen LogP contribution in [-0.4, -0.2) is 55.2 Å². The fraction of sp³-hybridized carbons (Fsp3) is 0.727. The van der Waals surface area contributed by atoms with Gasteiger partial charge in [0.1, 0.15) is 0 Å². The second-order valence-corrected chi connectivity index (χ2v) is 4.00. The molecule has 5 nitrogen and oxygen atoms in total. The van der Waals surface area contributed by atoms with E-state index in [-0.39, 0.29) is 6.09 Å². The number of nitrogens with zero attached hydrogens (tertiary/aromatic N) is 2. The quantitative estimate of drug-likeness (QED) is 0.709. The van der Waals surface area contributed by atoms with E-state index in [1.807, 2.05) is 6.92 Å². The zero-order valence-corrected chi connectivity index (χ0v) is 9.74. The number of hydrogen-bond acceptors (Lipinski definition) is 4. The first-order chi connectivity index (χ1) is 7.81. The highest BCUT2D eigenvalue weighted by atomic mass is 16.6. The highest BCUT2D eigenvalue weighted by Crippen LogP contribution is 2.12. The zero-order chi connectivity index (χ0) is 11.4. The van der Waals surface area contributed by atoms with Gasteiger partial charge in [-0.2, -0.15) is 0 Å². The number of hydrogen-bond donors (Lipinski definition) is 1. The summed E-state index contributed by atoms with van der Waals surface area (Å²) in [5.74, 6) is 1.16. The van der Waals surface area contributed by atoms with Gasteiger partial charge in [0.2, 0.25) is 0 Å².